The second-order valence-electron chi connectivity index (χ2n) is 2.39. The van der Waals surface area contributed by atoms with E-state index in [2.05, 4.69) is 28.6 Å². The molecule has 0 aromatic heterocycles. The number of thiol groups is 1. The number of nitrogen functional groups attached to an aromatic ring is 1. The molecule has 72 valence electrons. The Hall–Kier alpha value is -0.360. The van der Waals surface area contributed by atoms with Crippen molar-refractivity contribution in [1.29, 1.82) is 0 Å². The molecule has 0 aliphatic carbocycles. The van der Waals surface area contributed by atoms with Crippen LogP contribution >= 0.6 is 28.6 Å². The van der Waals surface area contributed by atoms with Crippen LogP contribution in [0.3, 0.4) is 0 Å². The van der Waals surface area contributed by atoms with E-state index in [9.17, 15) is 13.2 Å². The van der Waals surface area contributed by atoms with Crippen molar-refractivity contribution in [1.82, 2.24) is 0 Å². The lowest BCUT2D eigenvalue weighted by Crippen LogP contribution is -2.07. The van der Waals surface area contributed by atoms with Crippen LogP contribution < -0.4 is 5.73 Å². The van der Waals surface area contributed by atoms with Gasteiger partial charge in [0.2, 0.25) is 0 Å². The first-order valence-electron chi connectivity index (χ1n) is 3.17. The van der Waals surface area contributed by atoms with Crippen LogP contribution in [-0.2, 0) is 6.18 Å². The third kappa shape index (κ3) is 2.31. The molecule has 6 heteroatoms. The van der Waals surface area contributed by atoms with Crippen LogP contribution in [0, 0.1) is 0 Å². The van der Waals surface area contributed by atoms with E-state index in [1.54, 1.807) is 0 Å². The fourth-order valence-electron chi connectivity index (χ4n) is 0.836. The lowest BCUT2D eigenvalue weighted by atomic mass is 10.2. The standard InChI is InChI=1S/C7H5BrF3NS/c8-3-1-4(7(9,10)11)6(13)5(12)2-3/h1-2,13H,12H2. The summed E-state index contributed by atoms with van der Waals surface area (Å²) in [5.41, 5.74) is 4.49. The highest BCUT2D eigenvalue weighted by Crippen LogP contribution is 2.38. The van der Waals surface area contributed by atoms with Crippen molar-refractivity contribution in [3.05, 3.63) is 22.2 Å². The molecule has 0 unspecified atom stereocenters. The normalized spacial score (nSPS) is 11.8. The highest BCUT2D eigenvalue weighted by Gasteiger charge is 2.33. The number of halogens is 4. The van der Waals surface area contributed by atoms with Gasteiger partial charge in [0.1, 0.15) is 0 Å². The van der Waals surface area contributed by atoms with Gasteiger partial charge in [-0.1, -0.05) is 15.9 Å². The maximum Gasteiger partial charge on any atom is 0.417 e. The Morgan fingerprint density at radius 3 is 2.31 bits per heavy atom. The summed E-state index contributed by atoms with van der Waals surface area (Å²) in [6.07, 6.45) is -4.42. The summed E-state index contributed by atoms with van der Waals surface area (Å²) in [7, 11) is 0. The van der Waals surface area contributed by atoms with Crippen LogP contribution in [0.4, 0.5) is 18.9 Å². The van der Waals surface area contributed by atoms with Gasteiger partial charge >= 0.3 is 6.18 Å². The molecule has 2 N–H and O–H groups in total. The van der Waals surface area contributed by atoms with Crippen LogP contribution in [0.1, 0.15) is 5.56 Å². The monoisotopic (exact) mass is 271 g/mol. The number of benzene rings is 1. The van der Waals surface area contributed by atoms with Gasteiger partial charge in [-0.15, -0.1) is 12.6 Å². The summed E-state index contributed by atoms with van der Waals surface area (Å²) in [5, 5.41) is 0. The summed E-state index contributed by atoms with van der Waals surface area (Å²) in [5.74, 6) is 0. The van der Waals surface area contributed by atoms with E-state index in [1.807, 2.05) is 0 Å². The minimum absolute atomic E-state index is 0.00466. The topological polar surface area (TPSA) is 26.0 Å². The summed E-state index contributed by atoms with van der Waals surface area (Å²) in [6, 6.07) is 2.32. The van der Waals surface area contributed by atoms with Crippen molar-refractivity contribution < 1.29 is 13.2 Å². The highest BCUT2D eigenvalue weighted by atomic mass is 79.9. The van der Waals surface area contributed by atoms with E-state index >= 15 is 0 Å². The van der Waals surface area contributed by atoms with Crippen molar-refractivity contribution in [2.75, 3.05) is 5.73 Å². The number of alkyl halides is 3. The Kier molecular flexibility index (Phi) is 2.82. The van der Waals surface area contributed by atoms with E-state index in [-0.39, 0.29) is 15.1 Å². The molecule has 13 heavy (non-hydrogen) atoms. The fraction of sp³-hybridized carbons (Fsp3) is 0.143. The molecule has 0 saturated heterocycles. The van der Waals surface area contributed by atoms with Crippen LogP contribution in [0.25, 0.3) is 0 Å². The quantitative estimate of drug-likeness (QED) is 0.549. The van der Waals surface area contributed by atoms with Gasteiger partial charge < -0.3 is 5.73 Å². The maximum absolute atomic E-state index is 12.3. The Balaban J connectivity index is 3.37. The molecule has 1 aromatic carbocycles. The van der Waals surface area contributed by atoms with Crippen molar-refractivity contribution in [3.8, 4) is 0 Å². The fourth-order valence-corrected chi connectivity index (χ4v) is 1.57. The molecule has 0 heterocycles. The van der Waals surface area contributed by atoms with E-state index in [0.717, 1.165) is 6.07 Å². The average Bonchev–Trinajstić information content (AvgIpc) is 1.94. The molecule has 0 spiro atoms. The highest BCUT2D eigenvalue weighted by molar-refractivity contribution is 9.10. The summed E-state index contributed by atoms with van der Waals surface area (Å²) in [4.78, 5) is -0.240. The minimum atomic E-state index is -4.42. The predicted octanol–water partition coefficient (Wildman–Crippen LogP) is 3.34. The first kappa shape index (κ1) is 10.7. The van der Waals surface area contributed by atoms with Gasteiger partial charge in [-0.3, -0.25) is 0 Å². The molecule has 0 bridgehead atoms. The molecule has 0 aliphatic rings. The van der Waals surface area contributed by atoms with Crippen LogP contribution in [-0.4, -0.2) is 0 Å². The molecule has 0 saturated carbocycles. The molecule has 1 aromatic rings. The van der Waals surface area contributed by atoms with E-state index in [1.165, 1.54) is 6.07 Å². The molecule has 0 amide bonds. The van der Waals surface area contributed by atoms with Gasteiger partial charge in [-0.25, -0.2) is 0 Å². The molecule has 0 radical (unpaired) electrons. The molecule has 0 fully saturated rings. The number of nitrogens with two attached hydrogens (primary N) is 1. The number of hydrogen-bond donors (Lipinski definition) is 2. The Bertz CT molecular complexity index is 337. The third-order valence-electron chi connectivity index (χ3n) is 1.41. The summed E-state index contributed by atoms with van der Waals surface area (Å²) < 4.78 is 37.1. The Labute approximate surface area is 86.7 Å². The zero-order valence-corrected chi connectivity index (χ0v) is 8.67. The van der Waals surface area contributed by atoms with Gasteiger partial charge in [0.25, 0.3) is 0 Å². The molecular formula is C7H5BrF3NS. The van der Waals surface area contributed by atoms with Crippen LogP contribution in [0.5, 0.6) is 0 Å². The van der Waals surface area contributed by atoms with E-state index < -0.39 is 11.7 Å². The van der Waals surface area contributed by atoms with Gasteiger partial charge in [-0.05, 0) is 12.1 Å². The molecule has 1 rings (SSSR count). The first-order chi connectivity index (χ1) is 5.82. The summed E-state index contributed by atoms with van der Waals surface area (Å²) in [6.45, 7) is 0. The third-order valence-corrected chi connectivity index (χ3v) is 2.37. The van der Waals surface area contributed by atoms with Crippen molar-refractivity contribution in [3.63, 3.8) is 0 Å². The molecule has 0 aliphatic heterocycles. The molecule has 0 atom stereocenters. The smallest absolute Gasteiger partial charge is 0.398 e. The molecule has 1 nitrogen and oxygen atoms in total. The Morgan fingerprint density at radius 2 is 1.85 bits per heavy atom. The maximum atomic E-state index is 12.3. The Morgan fingerprint density at radius 1 is 1.31 bits per heavy atom. The SMILES string of the molecule is Nc1cc(Br)cc(C(F)(F)F)c1S. The van der Waals surface area contributed by atoms with Gasteiger partial charge in [0.15, 0.2) is 0 Å². The average molecular weight is 272 g/mol. The van der Waals surface area contributed by atoms with Gasteiger partial charge in [0, 0.05) is 15.1 Å². The lowest BCUT2D eigenvalue weighted by molar-refractivity contribution is -0.139. The van der Waals surface area contributed by atoms with Crippen molar-refractivity contribution in [2.45, 2.75) is 11.1 Å². The zero-order chi connectivity index (χ0) is 10.2. The minimum Gasteiger partial charge on any atom is -0.398 e. The van der Waals surface area contributed by atoms with Crippen LogP contribution in [0.2, 0.25) is 0 Å². The van der Waals surface area contributed by atoms with E-state index in [0.29, 0.717) is 0 Å². The first-order valence-corrected chi connectivity index (χ1v) is 4.41. The van der Waals surface area contributed by atoms with Gasteiger partial charge in [-0.2, -0.15) is 13.2 Å². The second kappa shape index (κ2) is 3.42. The van der Waals surface area contributed by atoms with E-state index in [4.69, 9.17) is 5.73 Å². The predicted molar refractivity (Wildman–Crippen MR) is 50.8 cm³/mol. The van der Waals surface area contributed by atoms with Gasteiger partial charge in [0.05, 0.1) is 5.56 Å². The summed E-state index contributed by atoms with van der Waals surface area (Å²) >= 11 is 6.61. The lowest BCUT2D eigenvalue weighted by Gasteiger charge is -2.11. The number of hydrogen-bond acceptors (Lipinski definition) is 2. The second-order valence-corrected chi connectivity index (χ2v) is 3.75. The molecular weight excluding hydrogens is 267 g/mol. The number of rotatable bonds is 0. The van der Waals surface area contributed by atoms with Crippen molar-refractivity contribution >= 4 is 34.2 Å². The van der Waals surface area contributed by atoms with Crippen molar-refractivity contribution in [2.24, 2.45) is 0 Å². The largest absolute Gasteiger partial charge is 0.417 e. The number of anilines is 1. The zero-order valence-electron chi connectivity index (χ0n) is 6.19. The van der Waals surface area contributed by atoms with Crippen LogP contribution in [0.15, 0.2) is 21.5 Å².